The second-order valence-electron chi connectivity index (χ2n) is 7.00. The first-order valence-corrected chi connectivity index (χ1v) is 9.70. The molecule has 2 aromatic carbocycles. The molecule has 0 spiro atoms. The Bertz CT molecular complexity index is 1210. The molecule has 1 aromatic heterocycles. The van der Waals surface area contributed by atoms with Crippen LogP contribution in [0.4, 0.5) is 5.82 Å². The molecular weight excluding hydrogens is 376 g/mol. The number of hydrogen-bond acceptors (Lipinski definition) is 5. The lowest BCUT2D eigenvalue weighted by atomic mass is 9.92. The number of hydrogen-bond donors (Lipinski definition) is 2. The average molecular weight is 398 g/mol. The zero-order valence-corrected chi connectivity index (χ0v) is 17.0. The number of nitrogens with zero attached hydrogens (tertiary/aromatic N) is 2. The fourth-order valence-corrected chi connectivity index (χ4v) is 3.22. The number of anilines is 1. The van der Waals surface area contributed by atoms with Crippen molar-refractivity contribution in [3.05, 3.63) is 69.5 Å². The average Bonchev–Trinajstić information content (AvgIpc) is 2.74. The van der Waals surface area contributed by atoms with Crippen molar-refractivity contribution < 1.29 is 4.74 Å². The summed E-state index contributed by atoms with van der Waals surface area (Å²) >= 11 is 0. The van der Waals surface area contributed by atoms with Gasteiger partial charge in [0.1, 0.15) is 34.8 Å². The van der Waals surface area contributed by atoms with Crippen LogP contribution in [0.2, 0.25) is 0 Å². The normalized spacial score (nSPS) is 10.3. The maximum atomic E-state index is 12.4. The van der Waals surface area contributed by atoms with Crippen LogP contribution in [0.1, 0.15) is 36.5 Å². The summed E-state index contributed by atoms with van der Waals surface area (Å²) in [5.74, 6) is 0.425. The van der Waals surface area contributed by atoms with Crippen molar-refractivity contribution in [2.24, 2.45) is 0 Å². The minimum Gasteiger partial charge on any atom is -0.493 e. The summed E-state index contributed by atoms with van der Waals surface area (Å²) in [7, 11) is 0. The Morgan fingerprint density at radius 2 is 1.70 bits per heavy atom. The van der Waals surface area contributed by atoms with E-state index in [1.54, 1.807) is 6.07 Å². The number of benzene rings is 2. The fraction of sp³-hybridized carbons (Fsp3) is 0.208. The van der Waals surface area contributed by atoms with Gasteiger partial charge in [-0.3, -0.25) is 4.79 Å². The minimum atomic E-state index is -0.635. The van der Waals surface area contributed by atoms with Gasteiger partial charge in [-0.25, -0.2) is 0 Å². The van der Waals surface area contributed by atoms with E-state index < -0.39 is 5.56 Å². The number of H-pyrrole nitrogens is 1. The Morgan fingerprint density at radius 1 is 1.03 bits per heavy atom. The molecule has 0 fully saturated rings. The summed E-state index contributed by atoms with van der Waals surface area (Å²) in [6.07, 6.45) is 1.81. The van der Waals surface area contributed by atoms with Crippen molar-refractivity contribution in [1.82, 2.24) is 4.98 Å². The molecule has 0 aliphatic heterocycles. The zero-order valence-electron chi connectivity index (χ0n) is 17.0. The fourth-order valence-electron chi connectivity index (χ4n) is 3.22. The number of nitrogens with two attached hydrogens (primary N) is 1. The third-order valence-electron chi connectivity index (χ3n) is 4.86. The molecule has 3 N–H and O–H groups in total. The number of pyridine rings is 1. The lowest BCUT2D eigenvalue weighted by Gasteiger charge is -2.16. The van der Waals surface area contributed by atoms with Gasteiger partial charge >= 0.3 is 0 Å². The second-order valence-corrected chi connectivity index (χ2v) is 7.00. The van der Waals surface area contributed by atoms with E-state index in [1.165, 1.54) is 0 Å². The molecular formula is C24H22N4O2. The van der Waals surface area contributed by atoms with Gasteiger partial charge in [0.15, 0.2) is 0 Å². The molecule has 0 amide bonds. The maximum Gasteiger partial charge on any atom is 0.268 e. The topological polar surface area (TPSA) is 116 Å². The lowest BCUT2D eigenvalue weighted by Crippen LogP contribution is -2.16. The van der Waals surface area contributed by atoms with Gasteiger partial charge in [0.2, 0.25) is 0 Å². The minimum absolute atomic E-state index is 0.0487. The van der Waals surface area contributed by atoms with Crippen LogP contribution in [0.15, 0.2) is 47.3 Å². The van der Waals surface area contributed by atoms with E-state index in [-0.39, 0.29) is 22.5 Å². The van der Waals surface area contributed by atoms with Gasteiger partial charge in [0, 0.05) is 11.1 Å². The van der Waals surface area contributed by atoms with Crippen LogP contribution in [0.25, 0.3) is 22.3 Å². The number of nitriles is 2. The van der Waals surface area contributed by atoms with E-state index in [4.69, 9.17) is 10.5 Å². The predicted octanol–water partition coefficient (Wildman–Crippen LogP) is 4.52. The zero-order chi connectivity index (χ0) is 21.7. The smallest absolute Gasteiger partial charge is 0.268 e. The van der Waals surface area contributed by atoms with Gasteiger partial charge in [-0.15, -0.1) is 0 Å². The van der Waals surface area contributed by atoms with Crippen molar-refractivity contribution >= 4 is 5.82 Å². The number of nitrogens with one attached hydrogen (secondary N) is 1. The SMILES string of the molecule is CCCCOc1ccc(-c2ccc(C)cc2)cc1-c1c(C#N)c(N)[nH]c(=O)c1C#N. The summed E-state index contributed by atoms with van der Waals surface area (Å²) in [5, 5.41) is 19.3. The van der Waals surface area contributed by atoms with Crippen molar-refractivity contribution in [2.45, 2.75) is 26.7 Å². The molecule has 30 heavy (non-hydrogen) atoms. The Labute approximate surface area is 175 Å². The van der Waals surface area contributed by atoms with Crippen LogP contribution in [0.5, 0.6) is 5.75 Å². The van der Waals surface area contributed by atoms with Gasteiger partial charge in [0.25, 0.3) is 5.56 Å². The summed E-state index contributed by atoms with van der Waals surface area (Å²) in [6, 6.07) is 17.5. The molecule has 0 radical (unpaired) electrons. The molecule has 150 valence electrons. The molecule has 0 saturated heterocycles. The van der Waals surface area contributed by atoms with Crippen molar-refractivity contribution in [1.29, 1.82) is 10.5 Å². The molecule has 6 nitrogen and oxygen atoms in total. The van der Waals surface area contributed by atoms with Crippen LogP contribution in [0, 0.1) is 29.6 Å². The van der Waals surface area contributed by atoms with Crippen LogP contribution < -0.4 is 16.0 Å². The highest BCUT2D eigenvalue weighted by Crippen LogP contribution is 2.38. The van der Waals surface area contributed by atoms with Gasteiger partial charge in [-0.2, -0.15) is 10.5 Å². The van der Waals surface area contributed by atoms with E-state index in [0.717, 1.165) is 29.5 Å². The number of nitrogen functional groups attached to an aromatic ring is 1. The van der Waals surface area contributed by atoms with Crippen LogP contribution >= 0.6 is 0 Å². The molecule has 0 unspecified atom stereocenters. The van der Waals surface area contributed by atoms with Crippen LogP contribution in [-0.2, 0) is 0 Å². The summed E-state index contributed by atoms with van der Waals surface area (Å²) < 4.78 is 5.95. The van der Waals surface area contributed by atoms with Crippen molar-refractivity contribution in [3.63, 3.8) is 0 Å². The first-order valence-electron chi connectivity index (χ1n) is 9.70. The van der Waals surface area contributed by atoms with E-state index in [1.807, 2.05) is 55.5 Å². The number of aromatic amines is 1. The summed E-state index contributed by atoms with van der Waals surface area (Å²) in [5.41, 5.74) is 8.83. The maximum absolute atomic E-state index is 12.4. The Hall–Kier alpha value is -4.03. The standard InChI is InChI=1S/C24H22N4O2/c1-3-4-11-30-21-10-9-17(16-7-5-15(2)6-8-16)12-18(21)22-19(13-25)23(27)28-24(29)20(22)14-26/h5-10,12H,3-4,11H2,1-2H3,(H3,27,28,29). The van der Waals surface area contributed by atoms with E-state index >= 15 is 0 Å². The third kappa shape index (κ3) is 4.04. The Balaban J connectivity index is 2.30. The van der Waals surface area contributed by atoms with E-state index in [9.17, 15) is 15.3 Å². The number of unbranched alkanes of at least 4 members (excludes halogenated alkanes) is 1. The van der Waals surface area contributed by atoms with Gasteiger partial charge in [-0.1, -0.05) is 49.2 Å². The highest BCUT2D eigenvalue weighted by Gasteiger charge is 2.22. The molecule has 3 aromatic rings. The molecule has 0 aliphatic carbocycles. The second kappa shape index (κ2) is 8.98. The van der Waals surface area contributed by atoms with Gasteiger partial charge < -0.3 is 15.5 Å². The Kier molecular flexibility index (Phi) is 6.20. The van der Waals surface area contributed by atoms with Crippen molar-refractivity contribution in [3.8, 4) is 40.1 Å². The molecule has 0 bridgehead atoms. The lowest BCUT2D eigenvalue weighted by molar-refractivity contribution is 0.310. The number of aromatic nitrogens is 1. The predicted molar refractivity (Wildman–Crippen MR) is 117 cm³/mol. The molecule has 0 saturated carbocycles. The monoisotopic (exact) mass is 398 g/mol. The highest BCUT2D eigenvalue weighted by molar-refractivity contribution is 5.86. The highest BCUT2D eigenvalue weighted by atomic mass is 16.5. The Morgan fingerprint density at radius 3 is 2.33 bits per heavy atom. The van der Waals surface area contributed by atoms with Crippen molar-refractivity contribution in [2.75, 3.05) is 12.3 Å². The van der Waals surface area contributed by atoms with E-state index in [0.29, 0.717) is 17.9 Å². The molecule has 1 heterocycles. The third-order valence-corrected chi connectivity index (χ3v) is 4.86. The molecule has 3 rings (SSSR count). The molecule has 0 aliphatic rings. The summed E-state index contributed by atoms with van der Waals surface area (Å²) in [4.78, 5) is 14.8. The number of rotatable bonds is 6. The van der Waals surface area contributed by atoms with Crippen LogP contribution in [0.3, 0.4) is 0 Å². The van der Waals surface area contributed by atoms with Crippen LogP contribution in [-0.4, -0.2) is 11.6 Å². The first-order chi connectivity index (χ1) is 14.5. The summed E-state index contributed by atoms with van der Waals surface area (Å²) in [6.45, 7) is 4.55. The van der Waals surface area contributed by atoms with Gasteiger partial charge in [-0.05, 0) is 36.6 Å². The number of ether oxygens (including phenoxy) is 1. The largest absolute Gasteiger partial charge is 0.493 e. The number of aryl methyl sites for hydroxylation is 1. The molecule has 0 atom stereocenters. The molecule has 6 heteroatoms. The van der Waals surface area contributed by atoms with Gasteiger partial charge in [0.05, 0.1) is 6.61 Å². The first kappa shape index (κ1) is 20.7. The van der Waals surface area contributed by atoms with E-state index in [2.05, 4.69) is 11.9 Å². The quantitative estimate of drug-likeness (QED) is 0.592.